The Morgan fingerprint density at radius 3 is 2.89 bits per heavy atom. The highest BCUT2D eigenvalue weighted by Gasteiger charge is 2.12. The molecule has 140 valence electrons. The number of hydrogen-bond donors (Lipinski definition) is 1. The molecule has 0 bridgehead atoms. The van der Waals surface area contributed by atoms with Crippen molar-refractivity contribution < 1.29 is 14.3 Å². The lowest BCUT2D eigenvalue weighted by Gasteiger charge is -2.11. The molecule has 0 radical (unpaired) electrons. The SMILES string of the molecule is C=C(Nc1ncc(C(=O)OCC)s1)c1cccc(Oc2ccccc2C#N)c1. The van der Waals surface area contributed by atoms with E-state index >= 15 is 0 Å². The third-order valence-electron chi connectivity index (χ3n) is 3.66. The smallest absolute Gasteiger partial charge is 0.350 e. The summed E-state index contributed by atoms with van der Waals surface area (Å²) >= 11 is 1.19. The fourth-order valence-electron chi connectivity index (χ4n) is 2.35. The maximum Gasteiger partial charge on any atom is 0.350 e. The Labute approximate surface area is 166 Å². The molecule has 0 aliphatic rings. The monoisotopic (exact) mass is 391 g/mol. The minimum atomic E-state index is -0.398. The molecule has 0 saturated carbocycles. The second kappa shape index (κ2) is 8.84. The number of thiazole rings is 1. The fraction of sp³-hybridized carbons (Fsp3) is 0.0952. The number of para-hydroxylation sites is 1. The number of ether oxygens (including phenoxy) is 2. The number of esters is 1. The van der Waals surface area contributed by atoms with Crippen molar-refractivity contribution in [1.29, 1.82) is 5.26 Å². The first kappa shape index (κ1) is 19.1. The van der Waals surface area contributed by atoms with Crippen LogP contribution in [0, 0.1) is 11.3 Å². The van der Waals surface area contributed by atoms with Crippen LogP contribution < -0.4 is 10.1 Å². The van der Waals surface area contributed by atoms with Gasteiger partial charge in [-0.25, -0.2) is 9.78 Å². The second-order valence-electron chi connectivity index (χ2n) is 5.59. The van der Waals surface area contributed by atoms with Crippen molar-refractivity contribution in [2.75, 3.05) is 11.9 Å². The van der Waals surface area contributed by atoms with Gasteiger partial charge in [0, 0.05) is 11.3 Å². The Morgan fingerprint density at radius 1 is 1.29 bits per heavy atom. The number of nitrogens with zero attached hydrogens (tertiary/aromatic N) is 2. The number of rotatable bonds is 7. The van der Waals surface area contributed by atoms with E-state index in [-0.39, 0.29) is 0 Å². The van der Waals surface area contributed by atoms with Crippen molar-refractivity contribution in [2.45, 2.75) is 6.92 Å². The van der Waals surface area contributed by atoms with Gasteiger partial charge in [-0.15, -0.1) is 0 Å². The zero-order valence-corrected chi connectivity index (χ0v) is 16.0. The van der Waals surface area contributed by atoms with Crippen LogP contribution in [0.25, 0.3) is 5.70 Å². The summed E-state index contributed by atoms with van der Waals surface area (Å²) in [6.45, 7) is 6.09. The largest absolute Gasteiger partial charge is 0.462 e. The lowest BCUT2D eigenvalue weighted by Crippen LogP contribution is -2.01. The van der Waals surface area contributed by atoms with Gasteiger partial charge in [-0.05, 0) is 31.2 Å². The van der Waals surface area contributed by atoms with E-state index in [2.05, 4.69) is 22.9 Å². The van der Waals surface area contributed by atoms with E-state index in [0.29, 0.717) is 39.4 Å². The summed E-state index contributed by atoms with van der Waals surface area (Å²) in [5.74, 6) is 0.666. The number of anilines is 1. The van der Waals surface area contributed by atoms with Gasteiger partial charge in [0.25, 0.3) is 0 Å². The molecule has 6 nitrogen and oxygen atoms in total. The first-order valence-electron chi connectivity index (χ1n) is 8.47. The maximum absolute atomic E-state index is 11.7. The van der Waals surface area contributed by atoms with Crippen LogP contribution in [0.1, 0.15) is 27.7 Å². The molecule has 7 heteroatoms. The number of nitriles is 1. The summed E-state index contributed by atoms with van der Waals surface area (Å²) in [6, 6.07) is 16.5. The first-order valence-corrected chi connectivity index (χ1v) is 9.28. The Kier molecular flexibility index (Phi) is 6.04. The zero-order chi connectivity index (χ0) is 19.9. The lowest BCUT2D eigenvalue weighted by molar-refractivity contribution is 0.0532. The standard InChI is InChI=1S/C21H17N3O3S/c1-3-26-20(25)19-13-23-21(28-19)24-14(2)15-8-6-9-17(11-15)27-18-10-5-4-7-16(18)12-22/h4-11,13H,2-3H2,1H3,(H,23,24). The van der Waals surface area contributed by atoms with Crippen LogP contribution >= 0.6 is 11.3 Å². The normalized spacial score (nSPS) is 10.0. The average molecular weight is 391 g/mol. The number of carbonyl (C=O) groups excluding carboxylic acids is 1. The number of nitrogens with one attached hydrogen (secondary N) is 1. The highest BCUT2D eigenvalue weighted by atomic mass is 32.1. The molecule has 0 fully saturated rings. The van der Waals surface area contributed by atoms with Crippen molar-refractivity contribution in [2.24, 2.45) is 0 Å². The molecule has 2 aromatic carbocycles. The number of carbonyl (C=O) groups is 1. The van der Waals surface area contributed by atoms with Gasteiger partial charge in [0.1, 0.15) is 22.4 Å². The van der Waals surface area contributed by atoms with E-state index in [1.165, 1.54) is 17.5 Å². The molecule has 1 N–H and O–H groups in total. The fourth-order valence-corrected chi connectivity index (χ4v) is 3.09. The average Bonchev–Trinajstić information content (AvgIpc) is 3.17. The van der Waals surface area contributed by atoms with E-state index in [9.17, 15) is 10.1 Å². The van der Waals surface area contributed by atoms with Crippen LogP contribution in [-0.4, -0.2) is 17.6 Å². The predicted molar refractivity (Wildman–Crippen MR) is 108 cm³/mol. The Hall–Kier alpha value is -3.63. The van der Waals surface area contributed by atoms with Gasteiger partial charge in [-0.2, -0.15) is 5.26 Å². The van der Waals surface area contributed by atoms with E-state index in [1.54, 1.807) is 31.2 Å². The summed E-state index contributed by atoms with van der Waals surface area (Å²) in [6.07, 6.45) is 1.47. The molecule has 0 unspecified atom stereocenters. The summed E-state index contributed by atoms with van der Waals surface area (Å²) in [4.78, 5) is 16.3. The summed E-state index contributed by atoms with van der Waals surface area (Å²) in [7, 11) is 0. The first-order chi connectivity index (χ1) is 13.6. The molecule has 0 saturated heterocycles. The third-order valence-corrected chi connectivity index (χ3v) is 4.55. The molecule has 28 heavy (non-hydrogen) atoms. The molecule has 0 aliphatic heterocycles. The Bertz CT molecular complexity index is 1050. The number of aromatic nitrogens is 1. The lowest BCUT2D eigenvalue weighted by atomic mass is 10.1. The Balaban J connectivity index is 1.72. The van der Waals surface area contributed by atoms with Gasteiger partial charge in [-0.3, -0.25) is 0 Å². The van der Waals surface area contributed by atoms with Gasteiger partial charge < -0.3 is 14.8 Å². The number of benzene rings is 2. The summed E-state index contributed by atoms with van der Waals surface area (Å²) in [5, 5.41) is 12.8. The van der Waals surface area contributed by atoms with Crippen molar-refractivity contribution in [3.8, 4) is 17.6 Å². The highest BCUT2D eigenvalue weighted by molar-refractivity contribution is 7.17. The molecule has 0 amide bonds. The van der Waals surface area contributed by atoms with Gasteiger partial charge in [0.05, 0.1) is 18.4 Å². The van der Waals surface area contributed by atoms with Crippen LogP contribution in [0.5, 0.6) is 11.5 Å². The summed E-state index contributed by atoms with van der Waals surface area (Å²) in [5.41, 5.74) is 1.85. The van der Waals surface area contributed by atoms with Crippen LogP contribution in [0.3, 0.4) is 0 Å². The van der Waals surface area contributed by atoms with Crippen molar-refractivity contribution in [3.63, 3.8) is 0 Å². The molecule has 3 rings (SSSR count). The molecule has 0 atom stereocenters. The second-order valence-corrected chi connectivity index (χ2v) is 6.62. The van der Waals surface area contributed by atoms with Gasteiger partial charge in [0.15, 0.2) is 5.13 Å². The highest BCUT2D eigenvalue weighted by Crippen LogP contribution is 2.28. The van der Waals surface area contributed by atoms with Crippen LogP contribution in [0.15, 0.2) is 61.3 Å². The quantitative estimate of drug-likeness (QED) is 0.566. The molecule has 0 aliphatic carbocycles. The minimum Gasteiger partial charge on any atom is -0.462 e. The maximum atomic E-state index is 11.7. The molecular formula is C21H17N3O3S. The van der Waals surface area contributed by atoms with E-state index in [0.717, 1.165) is 5.56 Å². The molecule has 1 aromatic heterocycles. The van der Waals surface area contributed by atoms with Crippen molar-refractivity contribution in [3.05, 3.63) is 77.3 Å². The molecule has 3 aromatic rings. The predicted octanol–water partition coefficient (Wildman–Crippen LogP) is 5.07. The molecular weight excluding hydrogens is 374 g/mol. The molecule has 0 spiro atoms. The topological polar surface area (TPSA) is 84.2 Å². The van der Waals surface area contributed by atoms with E-state index in [4.69, 9.17) is 9.47 Å². The summed E-state index contributed by atoms with van der Waals surface area (Å²) < 4.78 is 10.8. The van der Waals surface area contributed by atoms with Crippen molar-refractivity contribution in [1.82, 2.24) is 4.98 Å². The van der Waals surface area contributed by atoms with Crippen molar-refractivity contribution >= 4 is 28.1 Å². The number of hydrogen-bond acceptors (Lipinski definition) is 7. The van der Waals surface area contributed by atoms with Gasteiger partial charge >= 0.3 is 5.97 Å². The van der Waals surface area contributed by atoms with E-state index in [1.807, 2.05) is 24.3 Å². The van der Waals surface area contributed by atoms with Gasteiger partial charge in [0.2, 0.25) is 0 Å². The van der Waals surface area contributed by atoms with Crippen LogP contribution in [0.2, 0.25) is 0 Å². The molecule has 1 heterocycles. The minimum absolute atomic E-state index is 0.313. The van der Waals surface area contributed by atoms with Gasteiger partial charge in [-0.1, -0.05) is 42.2 Å². The van der Waals surface area contributed by atoms with E-state index < -0.39 is 5.97 Å². The third kappa shape index (κ3) is 4.55. The van der Waals surface area contributed by atoms with Crippen LogP contribution in [0.4, 0.5) is 5.13 Å². The zero-order valence-electron chi connectivity index (χ0n) is 15.1. The Morgan fingerprint density at radius 2 is 2.11 bits per heavy atom. The van der Waals surface area contributed by atoms with Crippen LogP contribution in [-0.2, 0) is 4.74 Å².